The second-order valence-corrected chi connectivity index (χ2v) is 5.96. The summed E-state index contributed by atoms with van der Waals surface area (Å²) in [6, 6.07) is 12.9. The predicted octanol–water partition coefficient (Wildman–Crippen LogP) is 3.14. The van der Waals surface area contributed by atoms with Gasteiger partial charge in [-0.05, 0) is 48.7 Å². The lowest BCUT2D eigenvalue weighted by Gasteiger charge is -2.09. The van der Waals surface area contributed by atoms with Crippen molar-refractivity contribution in [1.82, 2.24) is 5.32 Å². The second-order valence-electron chi connectivity index (χ2n) is 5.96. The van der Waals surface area contributed by atoms with Gasteiger partial charge in [0.1, 0.15) is 0 Å². The van der Waals surface area contributed by atoms with Crippen LogP contribution in [0.1, 0.15) is 28.8 Å². The number of nitro benzene ring substituents is 1. The Labute approximate surface area is 149 Å². The van der Waals surface area contributed by atoms with Crippen LogP contribution in [0.2, 0.25) is 0 Å². The molecule has 2 aromatic rings. The summed E-state index contributed by atoms with van der Waals surface area (Å²) < 4.78 is 0. The van der Waals surface area contributed by atoms with Crippen LogP contribution in [0.4, 0.5) is 11.4 Å². The van der Waals surface area contributed by atoms with E-state index in [0.717, 1.165) is 12.8 Å². The number of benzene rings is 2. The van der Waals surface area contributed by atoms with E-state index in [1.54, 1.807) is 42.5 Å². The van der Waals surface area contributed by atoms with Gasteiger partial charge >= 0.3 is 0 Å². The number of hydrogen-bond acceptors (Lipinski definition) is 4. The van der Waals surface area contributed by atoms with Crippen LogP contribution in [0, 0.1) is 10.1 Å². The first-order valence-electron chi connectivity index (χ1n) is 8.16. The number of carbonyl (C=O) groups excluding carboxylic acids is 2. The number of para-hydroxylation sites is 1. The second kappa shape index (κ2) is 7.60. The summed E-state index contributed by atoms with van der Waals surface area (Å²) in [5, 5.41) is 16.2. The smallest absolute Gasteiger partial charge is 0.269 e. The Hall–Kier alpha value is -3.48. The number of rotatable bonds is 6. The van der Waals surface area contributed by atoms with Gasteiger partial charge in [-0.2, -0.15) is 0 Å². The van der Waals surface area contributed by atoms with Crippen molar-refractivity contribution < 1.29 is 14.5 Å². The highest BCUT2D eigenvalue weighted by molar-refractivity contribution is 6.07. The van der Waals surface area contributed by atoms with Crippen molar-refractivity contribution in [2.75, 3.05) is 5.32 Å². The molecule has 132 valence electrons. The number of nitrogens with zero attached hydrogens (tertiary/aromatic N) is 1. The highest BCUT2D eigenvalue weighted by atomic mass is 16.6. The van der Waals surface area contributed by atoms with Crippen molar-refractivity contribution in [3.8, 4) is 0 Å². The Morgan fingerprint density at radius 1 is 1.08 bits per heavy atom. The molecule has 26 heavy (non-hydrogen) atoms. The quantitative estimate of drug-likeness (QED) is 0.474. The van der Waals surface area contributed by atoms with Crippen LogP contribution in [0.3, 0.4) is 0 Å². The molecule has 0 aliphatic heterocycles. The van der Waals surface area contributed by atoms with Crippen LogP contribution >= 0.6 is 0 Å². The van der Waals surface area contributed by atoms with Crippen LogP contribution in [-0.4, -0.2) is 22.8 Å². The number of nitrogens with one attached hydrogen (secondary N) is 2. The standard InChI is InChI=1S/C19H17N3O4/c23-18(12-7-13-5-10-15(11-6-13)22(25)26)21-17-4-2-1-3-16(17)19(24)20-14-8-9-14/h1-7,10-12,14H,8-9H2,(H,20,24)(H,21,23)/b12-7+. The molecule has 7 nitrogen and oxygen atoms in total. The minimum atomic E-state index is -0.482. The summed E-state index contributed by atoms with van der Waals surface area (Å²) in [4.78, 5) is 34.5. The third kappa shape index (κ3) is 4.54. The first-order valence-corrected chi connectivity index (χ1v) is 8.16. The van der Waals surface area contributed by atoms with E-state index in [-0.39, 0.29) is 17.6 Å². The van der Waals surface area contributed by atoms with Gasteiger partial charge in [-0.3, -0.25) is 19.7 Å². The number of nitro groups is 1. The Morgan fingerprint density at radius 3 is 2.42 bits per heavy atom. The molecule has 1 fully saturated rings. The van der Waals surface area contributed by atoms with Crippen molar-refractivity contribution in [2.24, 2.45) is 0 Å². The van der Waals surface area contributed by atoms with Gasteiger partial charge < -0.3 is 10.6 Å². The molecule has 2 amide bonds. The molecule has 1 saturated carbocycles. The number of hydrogen-bond donors (Lipinski definition) is 2. The molecular formula is C19H17N3O4. The van der Waals surface area contributed by atoms with Gasteiger partial charge in [0.15, 0.2) is 0 Å². The molecule has 1 aliphatic rings. The Kier molecular flexibility index (Phi) is 5.07. The lowest BCUT2D eigenvalue weighted by atomic mass is 10.1. The van der Waals surface area contributed by atoms with Crippen LogP contribution in [0.15, 0.2) is 54.6 Å². The summed E-state index contributed by atoms with van der Waals surface area (Å²) in [6.45, 7) is 0. The van der Waals surface area contributed by atoms with Crippen molar-refractivity contribution >= 4 is 29.3 Å². The van der Waals surface area contributed by atoms with E-state index in [1.807, 2.05) is 0 Å². The molecule has 0 heterocycles. The fourth-order valence-corrected chi connectivity index (χ4v) is 2.33. The van der Waals surface area contributed by atoms with Gasteiger partial charge in [-0.25, -0.2) is 0 Å². The Morgan fingerprint density at radius 2 is 1.77 bits per heavy atom. The van der Waals surface area contributed by atoms with E-state index in [2.05, 4.69) is 10.6 Å². The van der Waals surface area contributed by atoms with Gasteiger partial charge in [0.25, 0.3) is 11.6 Å². The molecule has 0 aromatic heterocycles. The molecule has 7 heteroatoms. The molecular weight excluding hydrogens is 334 g/mol. The monoisotopic (exact) mass is 351 g/mol. The first kappa shape index (κ1) is 17.3. The minimum absolute atomic E-state index is 0.0118. The van der Waals surface area contributed by atoms with Crippen LogP contribution in [0.5, 0.6) is 0 Å². The largest absolute Gasteiger partial charge is 0.349 e. The van der Waals surface area contributed by atoms with Crippen molar-refractivity contribution in [1.29, 1.82) is 0 Å². The Balaban J connectivity index is 1.66. The molecule has 0 spiro atoms. The third-order valence-electron chi connectivity index (χ3n) is 3.87. The zero-order valence-corrected chi connectivity index (χ0v) is 13.8. The number of non-ortho nitro benzene ring substituents is 1. The molecule has 2 aromatic carbocycles. The van der Waals surface area contributed by atoms with E-state index in [1.165, 1.54) is 18.2 Å². The van der Waals surface area contributed by atoms with E-state index in [9.17, 15) is 19.7 Å². The lowest BCUT2D eigenvalue weighted by Crippen LogP contribution is -2.26. The predicted molar refractivity (Wildman–Crippen MR) is 97.7 cm³/mol. The van der Waals surface area contributed by atoms with Crippen molar-refractivity contribution in [2.45, 2.75) is 18.9 Å². The van der Waals surface area contributed by atoms with Crippen molar-refractivity contribution in [3.63, 3.8) is 0 Å². The summed E-state index contributed by atoms with van der Waals surface area (Å²) >= 11 is 0. The lowest BCUT2D eigenvalue weighted by molar-refractivity contribution is -0.384. The number of amides is 2. The fourth-order valence-electron chi connectivity index (χ4n) is 2.33. The van der Waals surface area contributed by atoms with Crippen molar-refractivity contribution in [3.05, 3.63) is 75.8 Å². The van der Waals surface area contributed by atoms with Gasteiger partial charge in [-0.15, -0.1) is 0 Å². The number of carbonyl (C=O) groups is 2. The zero-order valence-electron chi connectivity index (χ0n) is 13.8. The molecule has 2 N–H and O–H groups in total. The van der Waals surface area contributed by atoms with Gasteiger partial charge in [0.05, 0.1) is 16.2 Å². The molecule has 1 aliphatic carbocycles. The summed E-state index contributed by atoms with van der Waals surface area (Å²) in [7, 11) is 0. The summed E-state index contributed by atoms with van der Waals surface area (Å²) in [5.41, 5.74) is 1.49. The maximum absolute atomic E-state index is 12.2. The topological polar surface area (TPSA) is 101 Å². The Bertz CT molecular complexity index is 871. The molecule has 3 rings (SSSR count). The molecule has 0 bridgehead atoms. The van der Waals surface area contributed by atoms with E-state index in [4.69, 9.17) is 0 Å². The molecule has 0 saturated heterocycles. The van der Waals surface area contributed by atoms with Gasteiger partial charge in [-0.1, -0.05) is 12.1 Å². The highest BCUT2D eigenvalue weighted by Gasteiger charge is 2.24. The average molecular weight is 351 g/mol. The first-order chi connectivity index (χ1) is 12.5. The maximum Gasteiger partial charge on any atom is 0.269 e. The van der Waals surface area contributed by atoms with Gasteiger partial charge in [0, 0.05) is 24.3 Å². The molecule has 0 radical (unpaired) electrons. The van der Waals surface area contributed by atoms with E-state index >= 15 is 0 Å². The highest BCUT2D eigenvalue weighted by Crippen LogP contribution is 2.21. The average Bonchev–Trinajstić information content (AvgIpc) is 3.44. The van der Waals surface area contributed by atoms with Gasteiger partial charge in [0.2, 0.25) is 5.91 Å². The summed E-state index contributed by atoms with van der Waals surface area (Å²) in [6.07, 6.45) is 4.83. The minimum Gasteiger partial charge on any atom is -0.349 e. The SMILES string of the molecule is O=C(/C=C/c1ccc([N+](=O)[O-])cc1)Nc1ccccc1C(=O)NC1CC1. The van der Waals surface area contributed by atoms with Crippen LogP contribution in [-0.2, 0) is 4.79 Å². The number of anilines is 1. The third-order valence-corrected chi connectivity index (χ3v) is 3.87. The fraction of sp³-hybridized carbons (Fsp3) is 0.158. The molecule has 0 atom stereocenters. The van der Waals surface area contributed by atoms with Crippen LogP contribution in [0.25, 0.3) is 6.08 Å². The zero-order chi connectivity index (χ0) is 18.5. The maximum atomic E-state index is 12.2. The van der Waals surface area contributed by atoms with E-state index < -0.39 is 10.8 Å². The van der Waals surface area contributed by atoms with Crippen LogP contribution < -0.4 is 10.6 Å². The summed E-state index contributed by atoms with van der Waals surface area (Å²) in [5.74, 6) is -0.599. The van der Waals surface area contributed by atoms with E-state index in [0.29, 0.717) is 16.8 Å². The molecule has 0 unspecified atom stereocenters. The normalized spacial score (nSPS) is 13.4.